The van der Waals surface area contributed by atoms with Crippen LogP contribution in [0.15, 0.2) is 22.0 Å². The predicted molar refractivity (Wildman–Crippen MR) is 82.3 cm³/mol. The molecular weight excluding hydrogens is 306 g/mol. The van der Waals surface area contributed by atoms with E-state index in [1.54, 1.807) is 13.8 Å². The number of thioether (sulfide) groups is 1. The van der Waals surface area contributed by atoms with Crippen LogP contribution in [0.25, 0.3) is 0 Å². The molecule has 0 saturated carbocycles. The molecule has 0 radical (unpaired) electrons. The van der Waals surface area contributed by atoms with Crippen molar-refractivity contribution in [3.05, 3.63) is 28.0 Å². The van der Waals surface area contributed by atoms with Crippen LogP contribution in [-0.2, 0) is 14.3 Å². The predicted octanol–water partition coefficient (Wildman–Crippen LogP) is 2.01. The molecule has 7 heteroatoms. The molecule has 0 bridgehead atoms. The van der Waals surface area contributed by atoms with Gasteiger partial charge in [-0.05, 0) is 33.8 Å². The lowest BCUT2D eigenvalue weighted by molar-refractivity contribution is -0.148. The summed E-state index contributed by atoms with van der Waals surface area (Å²) in [4.78, 5) is 36.6. The number of carbonyl (C=O) groups excluding carboxylic acids is 2. The van der Waals surface area contributed by atoms with Gasteiger partial charge in [-0.15, -0.1) is 0 Å². The maximum absolute atomic E-state index is 12.3. The standard InChI is InChI=1S/C15H19NO5S/c1-5-20-13(18)9-7-8-10(17)16-11(14(19)21-6-2)15(3,4)22-12(9)16/h7-8,11H,5-6H2,1-4H3. The van der Waals surface area contributed by atoms with Gasteiger partial charge in [-0.3, -0.25) is 9.36 Å². The number of ether oxygens (including phenoxy) is 2. The van der Waals surface area contributed by atoms with Crippen LogP contribution >= 0.6 is 11.8 Å². The number of aromatic nitrogens is 1. The van der Waals surface area contributed by atoms with E-state index < -0.39 is 22.7 Å². The number of nitrogens with zero attached hydrogens (tertiary/aromatic N) is 1. The molecule has 2 rings (SSSR count). The van der Waals surface area contributed by atoms with E-state index in [2.05, 4.69) is 0 Å². The Hall–Kier alpha value is -1.76. The summed E-state index contributed by atoms with van der Waals surface area (Å²) in [6, 6.07) is 1.96. The Bertz CT molecular complexity index is 664. The molecule has 0 fully saturated rings. The highest BCUT2D eigenvalue weighted by molar-refractivity contribution is 8.01. The van der Waals surface area contributed by atoms with Gasteiger partial charge in [-0.25, -0.2) is 9.59 Å². The van der Waals surface area contributed by atoms with Gasteiger partial charge in [0.15, 0.2) is 0 Å². The summed E-state index contributed by atoms with van der Waals surface area (Å²) in [6.07, 6.45) is 0. The van der Waals surface area contributed by atoms with E-state index in [0.717, 1.165) is 0 Å². The third-order valence-electron chi connectivity index (χ3n) is 3.36. The Kier molecular flexibility index (Phi) is 4.65. The van der Waals surface area contributed by atoms with E-state index in [9.17, 15) is 14.4 Å². The summed E-state index contributed by atoms with van der Waals surface area (Å²) in [5, 5.41) is 0.453. The summed E-state index contributed by atoms with van der Waals surface area (Å²) in [5.74, 6) is -0.971. The first-order chi connectivity index (χ1) is 10.3. The van der Waals surface area contributed by atoms with Crippen molar-refractivity contribution in [2.75, 3.05) is 13.2 Å². The molecule has 22 heavy (non-hydrogen) atoms. The van der Waals surface area contributed by atoms with Crippen LogP contribution in [0.4, 0.5) is 0 Å². The first kappa shape index (κ1) is 16.6. The van der Waals surface area contributed by atoms with Gasteiger partial charge in [-0.2, -0.15) is 0 Å². The first-order valence-corrected chi connectivity index (χ1v) is 7.93. The Morgan fingerprint density at radius 3 is 2.45 bits per heavy atom. The molecule has 6 nitrogen and oxygen atoms in total. The highest BCUT2D eigenvalue weighted by Crippen LogP contribution is 2.49. The molecule has 2 heterocycles. The van der Waals surface area contributed by atoms with Gasteiger partial charge in [0, 0.05) is 10.8 Å². The molecule has 0 spiro atoms. The maximum atomic E-state index is 12.3. The largest absolute Gasteiger partial charge is 0.464 e. The fourth-order valence-electron chi connectivity index (χ4n) is 2.48. The van der Waals surface area contributed by atoms with Crippen molar-refractivity contribution in [3.63, 3.8) is 0 Å². The normalized spacial score (nSPS) is 18.6. The minimum atomic E-state index is -0.769. The second-order valence-electron chi connectivity index (χ2n) is 5.34. The minimum absolute atomic E-state index is 0.234. The van der Waals surface area contributed by atoms with Crippen molar-refractivity contribution in [1.29, 1.82) is 0 Å². The summed E-state index contributed by atoms with van der Waals surface area (Å²) in [7, 11) is 0. The summed E-state index contributed by atoms with van der Waals surface area (Å²) in [6.45, 7) is 7.60. The van der Waals surface area contributed by atoms with E-state index in [1.165, 1.54) is 28.5 Å². The summed E-state index contributed by atoms with van der Waals surface area (Å²) >= 11 is 1.31. The molecule has 1 aliphatic rings. The average molecular weight is 325 g/mol. The van der Waals surface area contributed by atoms with Crippen molar-refractivity contribution in [2.24, 2.45) is 0 Å². The lowest BCUT2D eigenvalue weighted by atomic mass is 10.0. The van der Waals surface area contributed by atoms with Crippen molar-refractivity contribution in [2.45, 2.75) is 43.5 Å². The van der Waals surface area contributed by atoms with E-state index in [-0.39, 0.29) is 18.8 Å². The van der Waals surface area contributed by atoms with E-state index >= 15 is 0 Å². The van der Waals surface area contributed by atoms with Crippen molar-refractivity contribution in [1.82, 2.24) is 4.57 Å². The average Bonchev–Trinajstić information content (AvgIpc) is 2.71. The number of pyridine rings is 1. The van der Waals surface area contributed by atoms with Gasteiger partial charge in [0.05, 0.1) is 23.8 Å². The number of fused-ring (bicyclic) bond motifs is 1. The second-order valence-corrected chi connectivity index (χ2v) is 6.98. The molecule has 0 aliphatic carbocycles. The zero-order valence-electron chi connectivity index (χ0n) is 13.0. The summed E-state index contributed by atoms with van der Waals surface area (Å²) in [5.41, 5.74) is -0.0366. The Morgan fingerprint density at radius 1 is 1.23 bits per heavy atom. The van der Waals surface area contributed by atoms with Gasteiger partial charge in [-0.1, -0.05) is 11.8 Å². The zero-order valence-corrected chi connectivity index (χ0v) is 13.9. The molecule has 1 aliphatic heterocycles. The molecule has 0 aromatic carbocycles. The van der Waals surface area contributed by atoms with Gasteiger partial charge < -0.3 is 9.47 Å². The fraction of sp³-hybridized carbons (Fsp3) is 0.533. The van der Waals surface area contributed by atoms with Crippen LogP contribution in [0, 0.1) is 0 Å². The Balaban J connectivity index is 2.58. The molecule has 120 valence electrons. The summed E-state index contributed by atoms with van der Waals surface area (Å²) < 4.78 is 10.9. The van der Waals surface area contributed by atoms with Gasteiger partial charge in [0.2, 0.25) is 0 Å². The van der Waals surface area contributed by atoms with Gasteiger partial charge >= 0.3 is 11.9 Å². The maximum Gasteiger partial charge on any atom is 0.340 e. The smallest absolute Gasteiger partial charge is 0.340 e. The number of hydrogen-bond donors (Lipinski definition) is 0. The van der Waals surface area contributed by atoms with Gasteiger partial charge in [0.25, 0.3) is 5.56 Å². The topological polar surface area (TPSA) is 74.6 Å². The van der Waals surface area contributed by atoms with E-state index in [0.29, 0.717) is 10.6 Å². The van der Waals surface area contributed by atoms with Crippen LogP contribution in [0.5, 0.6) is 0 Å². The first-order valence-electron chi connectivity index (χ1n) is 7.11. The zero-order chi connectivity index (χ0) is 16.5. The number of carbonyl (C=O) groups is 2. The second kappa shape index (κ2) is 6.16. The SMILES string of the molecule is CCOC(=O)c1ccc(=O)n2c1SC(C)(C)C2C(=O)OCC. The quantitative estimate of drug-likeness (QED) is 0.788. The number of hydrogen-bond acceptors (Lipinski definition) is 6. The molecule has 0 N–H and O–H groups in total. The highest BCUT2D eigenvalue weighted by Gasteiger charge is 2.47. The van der Waals surface area contributed by atoms with Crippen LogP contribution < -0.4 is 5.56 Å². The van der Waals surface area contributed by atoms with Crippen molar-refractivity contribution < 1.29 is 19.1 Å². The monoisotopic (exact) mass is 325 g/mol. The Morgan fingerprint density at radius 2 is 1.86 bits per heavy atom. The van der Waals surface area contributed by atoms with Crippen LogP contribution in [0.2, 0.25) is 0 Å². The lowest BCUT2D eigenvalue weighted by Gasteiger charge is -2.24. The number of esters is 2. The highest BCUT2D eigenvalue weighted by atomic mass is 32.2. The van der Waals surface area contributed by atoms with E-state index in [4.69, 9.17) is 9.47 Å². The Labute approximate surface area is 132 Å². The number of rotatable bonds is 4. The van der Waals surface area contributed by atoms with E-state index in [1.807, 2.05) is 13.8 Å². The van der Waals surface area contributed by atoms with Crippen LogP contribution in [0.1, 0.15) is 44.1 Å². The molecule has 1 aromatic rings. The van der Waals surface area contributed by atoms with Crippen LogP contribution in [0.3, 0.4) is 0 Å². The molecule has 1 atom stereocenters. The van der Waals surface area contributed by atoms with Crippen molar-refractivity contribution in [3.8, 4) is 0 Å². The van der Waals surface area contributed by atoms with Crippen LogP contribution in [-0.4, -0.2) is 34.5 Å². The third kappa shape index (κ3) is 2.77. The fourth-order valence-corrected chi connectivity index (χ4v) is 3.84. The van der Waals surface area contributed by atoms with Crippen molar-refractivity contribution >= 4 is 23.7 Å². The molecule has 0 amide bonds. The van der Waals surface area contributed by atoms with Gasteiger partial charge in [0.1, 0.15) is 6.04 Å². The molecular formula is C15H19NO5S. The molecule has 1 unspecified atom stereocenters. The molecule has 1 aromatic heterocycles. The molecule has 0 saturated heterocycles. The lowest BCUT2D eigenvalue weighted by Crippen LogP contribution is -2.38. The third-order valence-corrected chi connectivity index (χ3v) is 4.72. The minimum Gasteiger partial charge on any atom is -0.464 e.